The number of hydrogen-bond donors (Lipinski definition) is 0. The molecule has 1 unspecified atom stereocenters. The van der Waals surface area contributed by atoms with Crippen molar-refractivity contribution in [2.75, 3.05) is 6.61 Å². The van der Waals surface area contributed by atoms with Crippen molar-refractivity contribution in [1.29, 1.82) is 0 Å². The Balaban J connectivity index is 3.00. The molecular weight excluding hydrogens is 402 g/mol. The van der Waals surface area contributed by atoms with E-state index in [0.717, 1.165) is 6.42 Å². The monoisotopic (exact) mass is 438 g/mol. The fourth-order valence-corrected chi connectivity index (χ4v) is 3.20. The van der Waals surface area contributed by atoms with E-state index in [0.29, 0.717) is 13.1 Å². The zero-order valence-electron chi connectivity index (χ0n) is 14.6. The van der Waals surface area contributed by atoms with Crippen molar-refractivity contribution in [3.63, 3.8) is 0 Å². The zero-order chi connectivity index (χ0) is 16.1. The second kappa shape index (κ2) is 21.7. The molecule has 0 aliphatic heterocycles. The van der Waals surface area contributed by atoms with Crippen LogP contribution in [-0.2, 0) is 4.52 Å². The number of rotatable bonds is 16. The lowest BCUT2D eigenvalue weighted by molar-refractivity contribution is 0.434. The second-order valence-corrected chi connectivity index (χ2v) is 7.83. The SMILES string of the molecule is CCCCCCCCCCCCCCCCC#CCOPI. The van der Waals surface area contributed by atoms with Crippen LogP contribution in [0.15, 0.2) is 0 Å². The zero-order valence-corrected chi connectivity index (χ0v) is 17.8. The number of hydrogen-bond acceptors (Lipinski definition) is 1. The standard InChI is InChI=1S/C19H36IOP/c1-2-3-4-5-6-7-8-9-10-11-12-13-14-15-16-17-18-19-21-22-20/h22H,2-16,19H2,1H3. The normalized spacial score (nSPS) is 11.0. The molecule has 3 heteroatoms. The van der Waals surface area contributed by atoms with E-state index in [1.807, 2.05) is 0 Å². The maximum absolute atomic E-state index is 5.20. The van der Waals surface area contributed by atoms with Crippen LogP contribution in [0.1, 0.15) is 103 Å². The van der Waals surface area contributed by atoms with Crippen molar-refractivity contribution < 1.29 is 4.52 Å². The van der Waals surface area contributed by atoms with Crippen LogP contribution < -0.4 is 0 Å². The van der Waals surface area contributed by atoms with Crippen LogP contribution in [0.2, 0.25) is 0 Å². The Morgan fingerprint density at radius 1 is 0.682 bits per heavy atom. The Morgan fingerprint density at radius 2 is 1.14 bits per heavy atom. The third kappa shape index (κ3) is 20.7. The summed E-state index contributed by atoms with van der Waals surface area (Å²) >= 11 is 2.23. The van der Waals surface area contributed by atoms with Crippen molar-refractivity contribution in [3.8, 4) is 11.8 Å². The summed E-state index contributed by atoms with van der Waals surface area (Å²) in [4.78, 5) is 0. The predicted molar refractivity (Wildman–Crippen MR) is 111 cm³/mol. The lowest BCUT2D eigenvalue weighted by Gasteiger charge is -2.02. The molecule has 0 saturated heterocycles. The van der Waals surface area contributed by atoms with Crippen LogP contribution in [0.3, 0.4) is 0 Å². The summed E-state index contributed by atoms with van der Waals surface area (Å²) in [5, 5.41) is 0. The molecule has 1 nitrogen and oxygen atoms in total. The average Bonchev–Trinajstić information content (AvgIpc) is 2.54. The molecule has 1 atom stereocenters. The van der Waals surface area contributed by atoms with E-state index in [4.69, 9.17) is 4.52 Å². The van der Waals surface area contributed by atoms with Gasteiger partial charge in [-0.15, -0.1) is 5.92 Å². The van der Waals surface area contributed by atoms with E-state index in [2.05, 4.69) is 40.8 Å². The maximum atomic E-state index is 5.20. The van der Waals surface area contributed by atoms with E-state index >= 15 is 0 Å². The van der Waals surface area contributed by atoms with Crippen LogP contribution in [0.25, 0.3) is 0 Å². The molecular formula is C19H36IOP. The highest BCUT2D eigenvalue weighted by Crippen LogP contribution is 2.20. The highest BCUT2D eigenvalue weighted by Gasteiger charge is 1.93. The predicted octanol–water partition coefficient (Wildman–Crippen LogP) is 7.82. The fraction of sp³-hybridized carbons (Fsp3) is 0.895. The number of unbranched alkanes of at least 4 members (excludes halogenated alkanes) is 14. The van der Waals surface area contributed by atoms with Crippen LogP contribution in [-0.4, -0.2) is 6.61 Å². The van der Waals surface area contributed by atoms with Crippen molar-refractivity contribution >= 4 is 28.5 Å². The van der Waals surface area contributed by atoms with Crippen LogP contribution >= 0.6 is 28.5 Å². The van der Waals surface area contributed by atoms with Gasteiger partial charge >= 0.3 is 0 Å². The summed E-state index contributed by atoms with van der Waals surface area (Å²) in [6.45, 7) is 3.43. The van der Waals surface area contributed by atoms with Crippen molar-refractivity contribution in [2.24, 2.45) is 0 Å². The third-order valence-electron chi connectivity index (χ3n) is 3.98. The molecule has 0 radical (unpaired) electrons. The first-order valence-corrected chi connectivity index (χ1v) is 13.4. The fourth-order valence-electron chi connectivity index (χ4n) is 2.61. The first kappa shape index (κ1) is 22.7. The van der Waals surface area contributed by atoms with Crippen molar-refractivity contribution in [1.82, 2.24) is 0 Å². The summed E-state index contributed by atoms with van der Waals surface area (Å²) in [7, 11) is 0. The van der Waals surface area contributed by atoms with E-state index in [1.165, 1.54) is 89.9 Å². The Bertz CT molecular complexity index is 260. The van der Waals surface area contributed by atoms with E-state index < -0.39 is 0 Å². The number of halogens is 1. The second-order valence-electron chi connectivity index (χ2n) is 6.07. The summed E-state index contributed by atoms with van der Waals surface area (Å²) in [6, 6.07) is 0. The van der Waals surface area contributed by atoms with E-state index in [-0.39, 0.29) is 0 Å². The lowest BCUT2D eigenvalue weighted by atomic mass is 10.0. The molecule has 0 saturated carbocycles. The van der Waals surface area contributed by atoms with Crippen molar-refractivity contribution in [2.45, 2.75) is 103 Å². The molecule has 0 fully saturated rings. The molecule has 0 amide bonds. The van der Waals surface area contributed by atoms with E-state index in [1.54, 1.807) is 0 Å². The van der Waals surface area contributed by atoms with Gasteiger partial charge in [0.1, 0.15) is 6.61 Å². The van der Waals surface area contributed by atoms with E-state index in [9.17, 15) is 0 Å². The molecule has 0 spiro atoms. The highest BCUT2D eigenvalue weighted by molar-refractivity contribution is 14.2. The van der Waals surface area contributed by atoms with Crippen LogP contribution in [0.4, 0.5) is 0 Å². The van der Waals surface area contributed by atoms with Crippen LogP contribution in [0.5, 0.6) is 0 Å². The van der Waals surface area contributed by atoms with Gasteiger partial charge in [-0.05, 0) is 28.5 Å². The minimum atomic E-state index is 0.536. The summed E-state index contributed by atoms with van der Waals surface area (Å²) in [6.07, 6.45) is 20.9. The van der Waals surface area contributed by atoms with Crippen LogP contribution in [0, 0.1) is 11.8 Å². The summed E-state index contributed by atoms with van der Waals surface area (Å²) in [5.74, 6) is 6.25. The highest BCUT2D eigenvalue weighted by atomic mass is 127. The Labute approximate surface area is 154 Å². The molecule has 0 heterocycles. The average molecular weight is 438 g/mol. The quantitative estimate of drug-likeness (QED) is 0.103. The lowest BCUT2D eigenvalue weighted by Crippen LogP contribution is -1.83. The first-order chi connectivity index (χ1) is 10.9. The van der Waals surface area contributed by atoms with Gasteiger partial charge in [-0.25, -0.2) is 0 Å². The van der Waals surface area contributed by atoms with Gasteiger partial charge in [-0.3, -0.25) is 0 Å². The maximum Gasteiger partial charge on any atom is 0.112 e. The van der Waals surface area contributed by atoms with Gasteiger partial charge in [0, 0.05) is 6.42 Å². The van der Waals surface area contributed by atoms with Gasteiger partial charge in [-0.1, -0.05) is 96.3 Å². The van der Waals surface area contributed by atoms with Gasteiger partial charge in [0.2, 0.25) is 0 Å². The summed E-state index contributed by atoms with van der Waals surface area (Å²) in [5.41, 5.74) is 0. The van der Waals surface area contributed by atoms with Gasteiger partial charge < -0.3 is 4.52 Å². The third-order valence-corrected chi connectivity index (χ3v) is 5.17. The molecule has 0 aliphatic carbocycles. The van der Waals surface area contributed by atoms with Gasteiger partial charge in [0.25, 0.3) is 0 Å². The molecule has 0 rings (SSSR count). The molecule has 0 aromatic carbocycles. The Morgan fingerprint density at radius 3 is 1.59 bits per heavy atom. The molecule has 0 aromatic rings. The topological polar surface area (TPSA) is 9.23 Å². The van der Waals surface area contributed by atoms with Crippen molar-refractivity contribution in [3.05, 3.63) is 0 Å². The van der Waals surface area contributed by atoms with Gasteiger partial charge in [0.15, 0.2) is 0 Å². The van der Waals surface area contributed by atoms with Gasteiger partial charge in [0.05, 0.1) is 6.45 Å². The first-order valence-electron chi connectivity index (χ1n) is 9.35. The largest absolute Gasteiger partial charge is 0.339 e. The molecule has 0 aromatic heterocycles. The molecule has 0 aliphatic rings. The molecule has 130 valence electrons. The minimum absolute atomic E-state index is 0.536. The Hall–Kier alpha value is 0.680. The minimum Gasteiger partial charge on any atom is -0.339 e. The van der Waals surface area contributed by atoms with Gasteiger partial charge in [-0.2, -0.15) is 0 Å². The summed E-state index contributed by atoms with van der Waals surface area (Å²) < 4.78 is 5.20. The molecule has 0 N–H and O–H groups in total. The molecule has 22 heavy (non-hydrogen) atoms. The Kier molecular flexibility index (Phi) is 22.4. The smallest absolute Gasteiger partial charge is 0.112 e. The molecule has 0 bridgehead atoms.